The lowest BCUT2D eigenvalue weighted by molar-refractivity contribution is -0.119. The first kappa shape index (κ1) is 18.8. The van der Waals surface area contributed by atoms with Crippen LogP contribution < -0.4 is 5.32 Å². The van der Waals surface area contributed by atoms with Gasteiger partial charge in [-0.25, -0.2) is 0 Å². The van der Waals surface area contributed by atoms with Gasteiger partial charge >= 0.3 is 0 Å². The maximum atomic E-state index is 11.9. The van der Waals surface area contributed by atoms with Gasteiger partial charge in [0.2, 0.25) is 5.91 Å². The summed E-state index contributed by atoms with van der Waals surface area (Å²) in [6, 6.07) is 0.248. The Balaban J connectivity index is 2.20. The van der Waals surface area contributed by atoms with Crippen molar-refractivity contribution in [1.82, 2.24) is 15.5 Å². The predicted molar refractivity (Wildman–Crippen MR) is 93.3 cm³/mol. The van der Waals surface area contributed by atoms with Gasteiger partial charge in [0, 0.05) is 6.04 Å². The maximum absolute atomic E-state index is 11.9. The van der Waals surface area contributed by atoms with E-state index in [1.54, 1.807) is 23.1 Å². The van der Waals surface area contributed by atoms with Crippen LogP contribution in [0.4, 0.5) is 0 Å². The Bertz CT molecular complexity index is 423. The van der Waals surface area contributed by atoms with Crippen molar-refractivity contribution < 1.29 is 4.79 Å². The van der Waals surface area contributed by atoms with Gasteiger partial charge in [-0.15, -0.1) is 10.2 Å². The fourth-order valence-electron chi connectivity index (χ4n) is 1.79. The van der Waals surface area contributed by atoms with Crippen LogP contribution in [-0.2, 0) is 4.79 Å². The van der Waals surface area contributed by atoms with Crippen molar-refractivity contribution in [3.8, 4) is 0 Å². The third-order valence-corrected chi connectivity index (χ3v) is 5.88. The standard InChI is InChI=1S/C14H25N3OS3/c1-5-19-13-16-17-14(21-13)20-9-12(18)15-11(4)8-6-7-10(2)3/h10-11H,5-9H2,1-4H3,(H,15,18). The summed E-state index contributed by atoms with van der Waals surface area (Å²) >= 11 is 4.71. The second-order valence-corrected chi connectivity index (χ2v) is 9.06. The smallest absolute Gasteiger partial charge is 0.230 e. The highest BCUT2D eigenvalue weighted by atomic mass is 32.2. The molecule has 1 aromatic rings. The molecule has 1 heterocycles. The Morgan fingerprint density at radius 2 is 1.86 bits per heavy atom. The van der Waals surface area contributed by atoms with Crippen LogP contribution in [0.5, 0.6) is 0 Å². The van der Waals surface area contributed by atoms with Crippen molar-refractivity contribution in [2.75, 3.05) is 11.5 Å². The topological polar surface area (TPSA) is 54.9 Å². The molecule has 0 bridgehead atoms. The number of amides is 1. The van der Waals surface area contributed by atoms with Gasteiger partial charge in [-0.1, -0.05) is 68.5 Å². The second kappa shape index (κ2) is 10.5. The minimum absolute atomic E-state index is 0.0805. The van der Waals surface area contributed by atoms with E-state index in [0.29, 0.717) is 5.75 Å². The number of carbonyl (C=O) groups is 1. The molecule has 0 saturated heterocycles. The molecule has 4 nitrogen and oxygen atoms in total. The molecule has 1 N–H and O–H groups in total. The summed E-state index contributed by atoms with van der Waals surface area (Å²) in [6.07, 6.45) is 3.43. The number of carbonyl (C=O) groups excluding carboxylic acids is 1. The van der Waals surface area contributed by atoms with Gasteiger partial charge in [0.15, 0.2) is 8.68 Å². The number of nitrogens with one attached hydrogen (secondary N) is 1. The van der Waals surface area contributed by atoms with Crippen LogP contribution in [0.1, 0.15) is 47.0 Å². The molecule has 120 valence electrons. The fraction of sp³-hybridized carbons (Fsp3) is 0.786. The molecule has 0 spiro atoms. The molecule has 1 amide bonds. The average molecular weight is 348 g/mol. The Hall–Kier alpha value is -0.270. The normalized spacial score (nSPS) is 12.6. The first-order chi connectivity index (χ1) is 10.0. The minimum atomic E-state index is 0.0805. The zero-order valence-corrected chi connectivity index (χ0v) is 15.7. The second-order valence-electron chi connectivity index (χ2n) is 5.35. The zero-order valence-electron chi connectivity index (χ0n) is 13.2. The van der Waals surface area contributed by atoms with Gasteiger partial charge in [-0.3, -0.25) is 4.79 Å². The highest BCUT2D eigenvalue weighted by molar-refractivity contribution is 8.03. The van der Waals surface area contributed by atoms with E-state index in [0.717, 1.165) is 26.8 Å². The van der Waals surface area contributed by atoms with Gasteiger partial charge in [0.05, 0.1) is 5.75 Å². The highest BCUT2D eigenvalue weighted by Crippen LogP contribution is 2.28. The molecular weight excluding hydrogens is 322 g/mol. The molecule has 0 fully saturated rings. The summed E-state index contributed by atoms with van der Waals surface area (Å²) in [5, 5.41) is 11.2. The van der Waals surface area contributed by atoms with E-state index in [2.05, 4.69) is 43.2 Å². The monoisotopic (exact) mass is 347 g/mol. The van der Waals surface area contributed by atoms with E-state index in [1.165, 1.54) is 24.6 Å². The Kier molecular flexibility index (Phi) is 9.35. The van der Waals surface area contributed by atoms with Crippen LogP contribution in [0.15, 0.2) is 8.68 Å². The fourth-order valence-corrected chi connectivity index (χ4v) is 4.51. The van der Waals surface area contributed by atoms with E-state index in [9.17, 15) is 4.79 Å². The molecule has 7 heteroatoms. The lowest BCUT2D eigenvalue weighted by atomic mass is 10.0. The van der Waals surface area contributed by atoms with Gasteiger partial charge in [-0.2, -0.15) is 0 Å². The highest BCUT2D eigenvalue weighted by Gasteiger charge is 2.10. The van der Waals surface area contributed by atoms with Gasteiger partial charge in [-0.05, 0) is 25.0 Å². The molecular formula is C14H25N3OS3. The van der Waals surface area contributed by atoms with E-state index in [-0.39, 0.29) is 11.9 Å². The van der Waals surface area contributed by atoms with Crippen LogP contribution in [0.2, 0.25) is 0 Å². The average Bonchev–Trinajstić information content (AvgIpc) is 2.84. The van der Waals surface area contributed by atoms with Crippen molar-refractivity contribution in [2.45, 2.75) is 61.7 Å². The van der Waals surface area contributed by atoms with Crippen LogP contribution in [0, 0.1) is 5.92 Å². The largest absolute Gasteiger partial charge is 0.353 e. The Labute approximate surface area is 140 Å². The zero-order chi connectivity index (χ0) is 15.7. The third kappa shape index (κ3) is 8.68. The number of hydrogen-bond acceptors (Lipinski definition) is 6. The van der Waals surface area contributed by atoms with Crippen molar-refractivity contribution in [1.29, 1.82) is 0 Å². The van der Waals surface area contributed by atoms with Crippen molar-refractivity contribution in [2.24, 2.45) is 5.92 Å². The van der Waals surface area contributed by atoms with Gasteiger partial charge < -0.3 is 5.32 Å². The Morgan fingerprint density at radius 3 is 2.48 bits per heavy atom. The molecule has 0 radical (unpaired) electrons. The molecule has 0 aliphatic heterocycles. The number of hydrogen-bond donors (Lipinski definition) is 1. The van der Waals surface area contributed by atoms with Crippen LogP contribution in [0.25, 0.3) is 0 Å². The van der Waals surface area contributed by atoms with E-state index >= 15 is 0 Å². The first-order valence-electron chi connectivity index (χ1n) is 7.39. The molecule has 0 aromatic carbocycles. The molecule has 1 aromatic heterocycles. The van der Waals surface area contributed by atoms with Crippen molar-refractivity contribution in [3.63, 3.8) is 0 Å². The molecule has 21 heavy (non-hydrogen) atoms. The lowest BCUT2D eigenvalue weighted by Crippen LogP contribution is -2.33. The van der Waals surface area contributed by atoms with Gasteiger partial charge in [0.25, 0.3) is 0 Å². The quantitative estimate of drug-likeness (QED) is 0.647. The van der Waals surface area contributed by atoms with Crippen molar-refractivity contribution >= 4 is 40.8 Å². The maximum Gasteiger partial charge on any atom is 0.230 e. The minimum Gasteiger partial charge on any atom is -0.353 e. The third-order valence-electron chi connectivity index (χ3n) is 2.81. The molecule has 0 saturated carbocycles. The number of aromatic nitrogens is 2. The van der Waals surface area contributed by atoms with E-state index in [4.69, 9.17) is 0 Å². The Morgan fingerprint density at radius 1 is 1.19 bits per heavy atom. The van der Waals surface area contributed by atoms with Crippen molar-refractivity contribution in [3.05, 3.63) is 0 Å². The summed E-state index contributed by atoms with van der Waals surface area (Å²) in [7, 11) is 0. The SMILES string of the molecule is CCSc1nnc(SCC(=O)NC(C)CCCC(C)C)s1. The van der Waals surface area contributed by atoms with Crippen LogP contribution in [0.3, 0.4) is 0 Å². The predicted octanol–water partition coefficient (Wildman–Crippen LogP) is 4.07. The number of nitrogens with zero attached hydrogens (tertiary/aromatic N) is 2. The lowest BCUT2D eigenvalue weighted by Gasteiger charge is -2.14. The molecule has 1 atom stereocenters. The molecule has 1 rings (SSSR count). The van der Waals surface area contributed by atoms with Gasteiger partial charge in [0.1, 0.15) is 0 Å². The molecule has 0 aliphatic carbocycles. The van der Waals surface area contributed by atoms with E-state index < -0.39 is 0 Å². The van der Waals surface area contributed by atoms with E-state index in [1.807, 2.05) is 0 Å². The summed E-state index contributed by atoms with van der Waals surface area (Å²) in [5.74, 6) is 2.22. The summed E-state index contributed by atoms with van der Waals surface area (Å²) in [5.41, 5.74) is 0. The number of rotatable bonds is 10. The molecule has 1 unspecified atom stereocenters. The van der Waals surface area contributed by atoms with Crippen LogP contribution >= 0.6 is 34.9 Å². The summed E-state index contributed by atoms with van der Waals surface area (Å²) in [4.78, 5) is 11.9. The first-order valence-corrected chi connectivity index (χ1v) is 10.2. The van der Waals surface area contributed by atoms with Crippen LogP contribution in [-0.4, -0.2) is 33.7 Å². The molecule has 0 aliphatic rings. The number of thioether (sulfide) groups is 2. The summed E-state index contributed by atoms with van der Waals surface area (Å²) in [6.45, 7) is 8.62. The summed E-state index contributed by atoms with van der Waals surface area (Å²) < 4.78 is 1.84.